The van der Waals surface area contributed by atoms with Gasteiger partial charge in [0.15, 0.2) is 0 Å². The molecule has 0 bridgehead atoms. The molecule has 2 aliphatic rings. The van der Waals surface area contributed by atoms with E-state index < -0.39 is 0 Å². The van der Waals surface area contributed by atoms with E-state index in [0.29, 0.717) is 0 Å². The number of para-hydroxylation sites is 1. The van der Waals surface area contributed by atoms with Crippen molar-refractivity contribution in [3.8, 4) is 12.3 Å². The first-order chi connectivity index (χ1) is 12.8. The van der Waals surface area contributed by atoms with E-state index in [9.17, 15) is 0 Å². The summed E-state index contributed by atoms with van der Waals surface area (Å²) in [5.41, 5.74) is 3.56. The topological polar surface area (TPSA) is 12.5 Å². The van der Waals surface area contributed by atoms with Crippen molar-refractivity contribution in [3.63, 3.8) is 0 Å². The summed E-state index contributed by atoms with van der Waals surface area (Å²) in [7, 11) is 2.12. The average Bonchev–Trinajstić information content (AvgIpc) is 3.22. The molecule has 0 N–H and O–H groups in total. The Bertz CT molecular complexity index is 1030. The van der Waals surface area contributed by atoms with Crippen molar-refractivity contribution < 1.29 is 4.74 Å². The van der Waals surface area contributed by atoms with Crippen LogP contribution in [0.15, 0.2) is 66.7 Å². The molecule has 0 radical (unpaired) electrons. The molecule has 3 aromatic rings. The largest absolute Gasteiger partial charge is 0.357 e. The van der Waals surface area contributed by atoms with Gasteiger partial charge in [-0.1, -0.05) is 60.5 Å². The van der Waals surface area contributed by atoms with Crippen LogP contribution in [0.5, 0.6) is 0 Å². The molecule has 0 spiro atoms. The molecule has 0 saturated carbocycles. The number of nitrogens with zero attached hydrogens (tertiary/aromatic N) is 1. The van der Waals surface area contributed by atoms with Crippen molar-refractivity contribution in [2.24, 2.45) is 0 Å². The average molecular weight is 339 g/mol. The summed E-state index contributed by atoms with van der Waals surface area (Å²) in [6, 6.07) is 23.7. The highest BCUT2D eigenvalue weighted by molar-refractivity contribution is 5.83. The third kappa shape index (κ3) is 1.92. The number of likely N-dealkylation sites (N-methyl/N-ethyl adjacent to an activating group) is 1. The zero-order valence-electron chi connectivity index (χ0n) is 14.9. The minimum atomic E-state index is -0.192. The summed E-state index contributed by atoms with van der Waals surface area (Å²) in [5, 5.41) is 2.48. The van der Waals surface area contributed by atoms with Gasteiger partial charge in [-0.25, -0.2) is 0 Å². The van der Waals surface area contributed by atoms with E-state index in [0.717, 1.165) is 13.0 Å². The van der Waals surface area contributed by atoms with Crippen LogP contribution in [0.3, 0.4) is 0 Å². The van der Waals surface area contributed by atoms with Crippen molar-refractivity contribution in [1.82, 2.24) is 0 Å². The van der Waals surface area contributed by atoms with Crippen LogP contribution in [0.4, 0.5) is 5.69 Å². The van der Waals surface area contributed by atoms with Crippen LogP contribution in [-0.2, 0) is 10.2 Å². The number of rotatable bonds is 2. The fourth-order valence-electron chi connectivity index (χ4n) is 5.01. The highest BCUT2D eigenvalue weighted by Crippen LogP contribution is 2.57. The monoisotopic (exact) mass is 339 g/mol. The lowest BCUT2D eigenvalue weighted by atomic mass is 9.67. The van der Waals surface area contributed by atoms with E-state index in [4.69, 9.17) is 11.2 Å². The summed E-state index contributed by atoms with van der Waals surface area (Å²) in [5.74, 6) is 3.12. The highest BCUT2D eigenvalue weighted by atomic mass is 16.5. The van der Waals surface area contributed by atoms with Crippen LogP contribution in [0.2, 0.25) is 0 Å². The quantitative estimate of drug-likeness (QED) is 0.628. The predicted molar refractivity (Wildman–Crippen MR) is 106 cm³/mol. The second kappa shape index (κ2) is 5.62. The second-order valence-corrected chi connectivity index (χ2v) is 7.35. The molecule has 2 heteroatoms. The standard InChI is InChI=1S/C24H21NO/c1-3-20(19-13-12-17-8-4-5-9-18(17)16-19)24-14-15-26-23(24)25(2)22-11-7-6-10-21(22)24/h1,4-13,16,20,23H,14-15H2,2H3. The van der Waals surface area contributed by atoms with Crippen LogP contribution in [-0.4, -0.2) is 19.9 Å². The molecule has 26 heavy (non-hydrogen) atoms. The van der Waals surface area contributed by atoms with Gasteiger partial charge in [0.2, 0.25) is 0 Å². The lowest BCUT2D eigenvalue weighted by molar-refractivity contribution is 0.0844. The van der Waals surface area contributed by atoms with E-state index in [2.05, 4.69) is 84.6 Å². The van der Waals surface area contributed by atoms with Crippen molar-refractivity contribution in [3.05, 3.63) is 77.9 Å². The second-order valence-electron chi connectivity index (χ2n) is 7.35. The minimum absolute atomic E-state index is 0.00702. The molecule has 3 unspecified atom stereocenters. The van der Waals surface area contributed by atoms with Gasteiger partial charge in [-0.3, -0.25) is 0 Å². The molecular formula is C24H21NO. The van der Waals surface area contributed by atoms with Crippen LogP contribution in [0.1, 0.15) is 23.5 Å². The van der Waals surface area contributed by atoms with Gasteiger partial charge in [0, 0.05) is 12.7 Å². The van der Waals surface area contributed by atoms with E-state index in [-0.39, 0.29) is 17.6 Å². The van der Waals surface area contributed by atoms with E-state index in [1.165, 1.54) is 27.6 Å². The summed E-state index contributed by atoms with van der Waals surface area (Å²) in [6.07, 6.45) is 7.10. The SMILES string of the molecule is C#CC(c1ccc2ccccc2c1)C12CCOC1N(C)c1ccccc12. The van der Waals surface area contributed by atoms with Gasteiger partial charge < -0.3 is 9.64 Å². The molecule has 0 aliphatic carbocycles. The number of fused-ring (bicyclic) bond motifs is 4. The summed E-state index contributed by atoms with van der Waals surface area (Å²) >= 11 is 0. The Balaban J connectivity index is 1.71. The molecule has 3 atom stereocenters. The van der Waals surface area contributed by atoms with Crippen molar-refractivity contribution in [2.45, 2.75) is 24.0 Å². The van der Waals surface area contributed by atoms with Crippen molar-refractivity contribution in [2.75, 3.05) is 18.6 Å². The number of terminal acetylenes is 1. The van der Waals surface area contributed by atoms with Gasteiger partial charge in [0.05, 0.1) is 17.9 Å². The van der Waals surface area contributed by atoms with Crippen molar-refractivity contribution >= 4 is 16.5 Å². The maximum absolute atomic E-state index is 6.20. The van der Waals surface area contributed by atoms with Gasteiger partial charge in [-0.05, 0) is 40.5 Å². The first-order valence-corrected chi connectivity index (χ1v) is 9.14. The number of benzene rings is 3. The van der Waals surface area contributed by atoms with Crippen molar-refractivity contribution in [1.29, 1.82) is 0 Å². The zero-order valence-corrected chi connectivity index (χ0v) is 14.9. The van der Waals surface area contributed by atoms with Gasteiger partial charge >= 0.3 is 0 Å². The molecule has 1 fully saturated rings. The summed E-state index contributed by atoms with van der Waals surface area (Å²) < 4.78 is 6.20. The smallest absolute Gasteiger partial charge is 0.141 e. The van der Waals surface area contributed by atoms with Gasteiger partial charge in [0.1, 0.15) is 6.23 Å². The van der Waals surface area contributed by atoms with E-state index in [1.54, 1.807) is 0 Å². The van der Waals surface area contributed by atoms with Crippen LogP contribution < -0.4 is 4.90 Å². The molecule has 5 rings (SSSR count). The lowest BCUT2D eigenvalue weighted by Crippen LogP contribution is -2.43. The maximum Gasteiger partial charge on any atom is 0.141 e. The number of hydrogen-bond acceptors (Lipinski definition) is 2. The molecule has 2 aliphatic heterocycles. The number of hydrogen-bond donors (Lipinski definition) is 0. The van der Waals surface area contributed by atoms with Crippen LogP contribution in [0.25, 0.3) is 10.8 Å². The molecule has 128 valence electrons. The Labute approximate surface area is 154 Å². The van der Waals surface area contributed by atoms with Gasteiger partial charge in [-0.2, -0.15) is 0 Å². The van der Waals surface area contributed by atoms with Gasteiger partial charge in [0.25, 0.3) is 0 Å². The third-order valence-electron chi connectivity index (χ3n) is 6.16. The molecular weight excluding hydrogens is 318 g/mol. The molecule has 2 nitrogen and oxygen atoms in total. The zero-order chi connectivity index (χ0) is 17.7. The summed E-state index contributed by atoms with van der Waals surface area (Å²) in [6.45, 7) is 0.745. The van der Waals surface area contributed by atoms with Crippen LogP contribution >= 0.6 is 0 Å². The highest BCUT2D eigenvalue weighted by Gasteiger charge is 2.58. The first kappa shape index (κ1) is 15.5. The van der Waals surface area contributed by atoms with Gasteiger partial charge in [-0.15, -0.1) is 6.42 Å². The molecule has 2 heterocycles. The normalized spacial score (nSPS) is 24.9. The summed E-state index contributed by atoms with van der Waals surface area (Å²) in [4.78, 5) is 2.26. The van der Waals surface area contributed by atoms with E-state index in [1.807, 2.05) is 0 Å². The fraction of sp³-hybridized carbons (Fsp3) is 0.250. The molecule has 3 aromatic carbocycles. The Morgan fingerprint density at radius 1 is 1.08 bits per heavy atom. The number of anilines is 1. The number of ether oxygens (including phenoxy) is 1. The van der Waals surface area contributed by atoms with E-state index >= 15 is 0 Å². The maximum atomic E-state index is 6.20. The first-order valence-electron chi connectivity index (χ1n) is 9.14. The molecule has 1 saturated heterocycles. The predicted octanol–water partition coefficient (Wildman–Crippen LogP) is 4.69. The lowest BCUT2D eigenvalue weighted by Gasteiger charge is -2.36. The minimum Gasteiger partial charge on any atom is -0.357 e. The molecule has 0 aromatic heterocycles. The molecule has 0 amide bonds. The Morgan fingerprint density at radius 3 is 2.69 bits per heavy atom. The Kier molecular flexibility index (Phi) is 3.35. The third-order valence-corrected chi connectivity index (χ3v) is 6.16. The fourth-order valence-corrected chi connectivity index (χ4v) is 5.01. The Morgan fingerprint density at radius 2 is 1.85 bits per heavy atom. The Hall–Kier alpha value is -2.76. The van der Waals surface area contributed by atoms with Crippen LogP contribution in [0, 0.1) is 12.3 Å².